The first-order valence-electron chi connectivity index (χ1n) is 6.27. The van der Waals surface area contributed by atoms with Crippen LogP contribution in [0.3, 0.4) is 0 Å². The number of hydrogen-bond donors (Lipinski definition) is 1. The third-order valence-electron chi connectivity index (χ3n) is 3.01. The SMILES string of the molecule is CCN(C(=O)c1ccc(OC)cc1F)C(C)CC(=O)O. The maximum Gasteiger partial charge on any atom is 0.305 e. The Balaban J connectivity index is 2.99. The molecule has 0 saturated carbocycles. The lowest BCUT2D eigenvalue weighted by molar-refractivity contribution is -0.138. The third kappa shape index (κ3) is 3.69. The first-order valence-corrected chi connectivity index (χ1v) is 6.27. The van der Waals surface area contributed by atoms with E-state index in [1.165, 1.54) is 24.1 Å². The summed E-state index contributed by atoms with van der Waals surface area (Å²) in [7, 11) is 1.41. The largest absolute Gasteiger partial charge is 0.497 e. The average Bonchev–Trinajstić information content (AvgIpc) is 2.38. The smallest absolute Gasteiger partial charge is 0.305 e. The van der Waals surface area contributed by atoms with E-state index in [1.54, 1.807) is 13.8 Å². The highest BCUT2D eigenvalue weighted by Crippen LogP contribution is 2.19. The van der Waals surface area contributed by atoms with Crippen LogP contribution in [0.25, 0.3) is 0 Å². The second-order valence-corrected chi connectivity index (χ2v) is 4.38. The quantitative estimate of drug-likeness (QED) is 0.868. The fraction of sp³-hybridized carbons (Fsp3) is 0.429. The van der Waals surface area contributed by atoms with E-state index < -0.39 is 23.7 Å². The van der Waals surface area contributed by atoms with Gasteiger partial charge in [0.15, 0.2) is 0 Å². The van der Waals surface area contributed by atoms with Gasteiger partial charge < -0.3 is 14.7 Å². The zero-order valence-electron chi connectivity index (χ0n) is 11.7. The number of rotatable bonds is 6. The van der Waals surface area contributed by atoms with Crippen molar-refractivity contribution in [1.82, 2.24) is 4.90 Å². The Kier molecular flexibility index (Phi) is 5.49. The first-order chi connectivity index (χ1) is 9.40. The molecule has 0 aromatic heterocycles. The average molecular weight is 283 g/mol. The number of methoxy groups -OCH3 is 1. The number of carboxylic acid groups (broad SMARTS) is 1. The molecule has 0 bridgehead atoms. The lowest BCUT2D eigenvalue weighted by Crippen LogP contribution is -2.40. The van der Waals surface area contributed by atoms with Gasteiger partial charge in [0.2, 0.25) is 0 Å². The summed E-state index contributed by atoms with van der Waals surface area (Å²) in [6.45, 7) is 3.65. The fourth-order valence-electron chi connectivity index (χ4n) is 1.97. The molecule has 20 heavy (non-hydrogen) atoms. The third-order valence-corrected chi connectivity index (χ3v) is 3.01. The van der Waals surface area contributed by atoms with Gasteiger partial charge in [0, 0.05) is 18.7 Å². The van der Waals surface area contributed by atoms with Crippen LogP contribution in [0.4, 0.5) is 4.39 Å². The van der Waals surface area contributed by atoms with E-state index in [-0.39, 0.29) is 12.0 Å². The second-order valence-electron chi connectivity index (χ2n) is 4.38. The summed E-state index contributed by atoms with van der Waals surface area (Å²) >= 11 is 0. The summed E-state index contributed by atoms with van der Waals surface area (Å²) in [6, 6.07) is 3.45. The van der Waals surface area contributed by atoms with E-state index in [1.807, 2.05) is 0 Å². The van der Waals surface area contributed by atoms with Crippen LogP contribution in [0.5, 0.6) is 5.75 Å². The number of amides is 1. The van der Waals surface area contributed by atoms with Gasteiger partial charge in [-0.15, -0.1) is 0 Å². The molecule has 1 amide bonds. The summed E-state index contributed by atoms with van der Waals surface area (Å²) in [4.78, 5) is 24.3. The van der Waals surface area contributed by atoms with Crippen molar-refractivity contribution in [2.24, 2.45) is 0 Å². The normalized spacial score (nSPS) is 11.8. The molecule has 6 heteroatoms. The number of carboxylic acids is 1. The molecule has 1 rings (SSSR count). The van der Waals surface area contributed by atoms with Crippen LogP contribution >= 0.6 is 0 Å². The highest BCUT2D eigenvalue weighted by atomic mass is 19.1. The minimum absolute atomic E-state index is 0.0927. The van der Waals surface area contributed by atoms with Crippen molar-refractivity contribution in [2.45, 2.75) is 26.3 Å². The van der Waals surface area contributed by atoms with Crippen molar-refractivity contribution in [3.63, 3.8) is 0 Å². The molecule has 0 aliphatic heterocycles. The minimum atomic E-state index is -1.00. The Hall–Kier alpha value is -2.11. The molecule has 0 aliphatic carbocycles. The topological polar surface area (TPSA) is 66.8 Å². The Labute approximate surface area is 117 Å². The molecule has 1 aromatic carbocycles. The lowest BCUT2D eigenvalue weighted by atomic mass is 10.1. The molecule has 1 aromatic rings. The van der Waals surface area contributed by atoms with Crippen LogP contribution in [-0.2, 0) is 4.79 Å². The molecule has 0 saturated heterocycles. The fourth-order valence-corrected chi connectivity index (χ4v) is 1.97. The summed E-state index contributed by atoms with van der Waals surface area (Å²) in [5.74, 6) is -1.89. The van der Waals surface area contributed by atoms with Gasteiger partial charge in [-0.2, -0.15) is 0 Å². The lowest BCUT2D eigenvalue weighted by Gasteiger charge is -2.27. The van der Waals surface area contributed by atoms with Crippen molar-refractivity contribution in [2.75, 3.05) is 13.7 Å². The first kappa shape index (κ1) is 15.9. The molecule has 1 atom stereocenters. The van der Waals surface area contributed by atoms with Crippen LogP contribution in [-0.4, -0.2) is 41.6 Å². The van der Waals surface area contributed by atoms with Gasteiger partial charge in [0.1, 0.15) is 11.6 Å². The van der Waals surface area contributed by atoms with Gasteiger partial charge in [-0.05, 0) is 26.0 Å². The number of halogens is 1. The zero-order valence-corrected chi connectivity index (χ0v) is 11.7. The van der Waals surface area contributed by atoms with Crippen LogP contribution in [0.15, 0.2) is 18.2 Å². The maximum absolute atomic E-state index is 13.9. The molecular formula is C14H18FNO4. The van der Waals surface area contributed by atoms with E-state index >= 15 is 0 Å². The molecule has 0 fully saturated rings. The van der Waals surface area contributed by atoms with Gasteiger partial charge in [0.25, 0.3) is 5.91 Å². The Morgan fingerprint density at radius 1 is 1.45 bits per heavy atom. The number of carbonyl (C=O) groups is 2. The Morgan fingerprint density at radius 3 is 2.55 bits per heavy atom. The van der Waals surface area contributed by atoms with Gasteiger partial charge in [-0.1, -0.05) is 0 Å². The van der Waals surface area contributed by atoms with Crippen molar-refractivity contribution in [3.05, 3.63) is 29.6 Å². The predicted molar refractivity (Wildman–Crippen MR) is 71.4 cm³/mol. The van der Waals surface area contributed by atoms with Crippen molar-refractivity contribution < 1.29 is 23.8 Å². The molecule has 0 radical (unpaired) electrons. The molecule has 0 spiro atoms. The molecule has 0 heterocycles. The highest BCUT2D eigenvalue weighted by molar-refractivity contribution is 5.95. The zero-order chi connectivity index (χ0) is 15.3. The maximum atomic E-state index is 13.9. The summed E-state index contributed by atoms with van der Waals surface area (Å²) < 4.78 is 18.7. The standard InChI is InChI=1S/C14H18FNO4/c1-4-16(9(2)7-13(17)18)14(19)11-6-5-10(20-3)8-12(11)15/h5-6,8-9H,4,7H2,1-3H3,(H,17,18). The number of carbonyl (C=O) groups excluding carboxylic acids is 1. The minimum Gasteiger partial charge on any atom is -0.497 e. The highest BCUT2D eigenvalue weighted by Gasteiger charge is 2.24. The predicted octanol–water partition coefficient (Wildman–Crippen LogP) is 2.16. The monoisotopic (exact) mass is 283 g/mol. The van der Waals surface area contributed by atoms with Gasteiger partial charge >= 0.3 is 5.97 Å². The molecule has 110 valence electrons. The van der Waals surface area contributed by atoms with Gasteiger partial charge in [-0.3, -0.25) is 9.59 Å². The van der Waals surface area contributed by atoms with E-state index in [4.69, 9.17) is 9.84 Å². The van der Waals surface area contributed by atoms with E-state index in [0.717, 1.165) is 6.07 Å². The molecular weight excluding hydrogens is 265 g/mol. The van der Waals surface area contributed by atoms with Crippen molar-refractivity contribution >= 4 is 11.9 Å². The molecule has 1 unspecified atom stereocenters. The van der Waals surface area contributed by atoms with E-state index in [2.05, 4.69) is 0 Å². The van der Waals surface area contributed by atoms with Gasteiger partial charge in [-0.25, -0.2) is 4.39 Å². The number of ether oxygens (including phenoxy) is 1. The second kappa shape index (κ2) is 6.88. The van der Waals surface area contributed by atoms with Crippen LogP contribution in [0, 0.1) is 5.82 Å². The van der Waals surface area contributed by atoms with Crippen molar-refractivity contribution in [3.8, 4) is 5.75 Å². The number of hydrogen-bond acceptors (Lipinski definition) is 3. The van der Waals surface area contributed by atoms with E-state index in [0.29, 0.717) is 12.3 Å². The molecule has 1 N–H and O–H groups in total. The van der Waals surface area contributed by atoms with Crippen LogP contribution in [0.1, 0.15) is 30.6 Å². The summed E-state index contributed by atoms with van der Waals surface area (Å²) in [5.41, 5.74) is -0.0927. The van der Waals surface area contributed by atoms with Crippen molar-refractivity contribution in [1.29, 1.82) is 0 Å². The molecule has 5 nitrogen and oxygen atoms in total. The van der Waals surface area contributed by atoms with Crippen LogP contribution < -0.4 is 4.74 Å². The van der Waals surface area contributed by atoms with E-state index in [9.17, 15) is 14.0 Å². The summed E-state index contributed by atoms with van der Waals surface area (Å²) in [5, 5.41) is 8.77. The summed E-state index contributed by atoms with van der Waals surface area (Å²) in [6.07, 6.45) is -0.183. The van der Waals surface area contributed by atoms with Gasteiger partial charge in [0.05, 0.1) is 19.1 Å². The number of aliphatic carboxylic acids is 1. The number of benzene rings is 1. The molecule has 0 aliphatic rings. The Morgan fingerprint density at radius 2 is 2.10 bits per heavy atom. The Bertz CT molecular complexity index is 504. The number of nitrogens with zero attached hydrogens (tertiary/aromatic N) is 1. The van der Waals surface area contributed by atoms with Crippen LogP contribution in [0.2, 0.25) is 0 Å².